The molecule has 0 atom stereocenters. The van der Waals surface area contributed by atoms with E-state index in [0.717, 1.165) is 51.6 Å². The minimum absolute atomic E-state index is 0.737. The Hall–Kier alpha value is -1.10. The van der Waals surface area contributed by atoms with Crippen LogP contribution in [0.25, 0.3) is 0 Å². The molecule has 1 rings (SSSR count). The molecule has 114 valence electrons. The predicted molar refractivity (Wildman–Crippen MR) is 81.5 cm³/mol. The van der Waals surface area contributed by atoms with Crippen LogP contribution >= 0.6 is 0 Å². The van der Waals surface area contributed by atoms with Crippen molar-refractivity contribution >= 4 is 0 Å². The molecule has 1 aromatic carbocycles. The van der Waals surface area contributed by atoms with Crippen molar-refractivity contribution in [3.63, 3.8) is 0 Å². The van der Waals surface area contributed by atoms with Gasteiger partial charge in [0, 0.05) is 33.9 Å². The lowest BCUT2D eigenvalue weighted by molar-refractivity contribution is 0.110. The molecular weight excluding hydrogens is 254 g/mol. The first-order valence-corrected chi connectivity index (χ1v) is 7.16. The van der Waals surface area contributed by atoms with Gasteiger partial charge in [0.25, 0.3) is 0 Å². The van der Waals surface area contributed by atoms with Crippen molar-refractivity contribution in [3.8, 4) is 5.75 Å². The molecule has 1 aromatic rings. The summed E-state index contributed by atoms with van der Waals surface area (Å²) in [4.78, 5) is 2.34. The van der Waals surface area contributed by atoms with E-state index in [1.54, 1.807) is 14.2 Å². The van der Waals surface area contributed by atoms with Crippen LogP contribution < -0.4 is 4.74 Å². The molecule has 0 radical (unpaired) electrons. The Labute approximate surface area is 122 Å². The number of methoxy groups -OCH3 is 2. The van der Waals surface area contributed by atoms with Crippen molar-refractivity contribution in [1.82, 2.24) is 4.90 Å². The van der Waals surface area contributed by atoms with Crippen LogP contribution in [0.3, 0.4) is 0 Å². The van der Waals surface area contributed by atoms with Gasteiger partial charge in [-0.25, -0.2) is 0 Å². The topological polar surface area (TPSA) is 30.9 Å². The molecule has 0 bridgehead atoms. The summed E-state index contributed by atoms with van der Waals surface area (Å²) in [7, 11) is 3.46. The van der Waals surface area contributed by atoms with Crippen molar-refractivity contribution in [2.24, 2.45) is 0 Å². The predicted octanol–water partition coefficient (Wildman–Crippen LogP) is 2.36. The maximum absolute atomic E-state index is 5.81. The largest absolute Gasteiger partial charge is 0.493 e. The minimum atomic E-state index is 0.737. The molecule has 20 heavy (non-hydrogen) atoms. The van der Waals surface area contributed by atoms with E-state index in [-0.39, 0.29) is 0 Å². The summed E-state index contributed by atoms with van der Waals surface area (Å²) in [6.45, 7) is 7.18. The summed E-state index contributed by atoms with van der Waals surface area (Å²) in [5, 5.41) is 0. The van der Waals surface area contributed by atoms with E-state index < -0.39 is 0 Å². The number of hydrogen-bond donors (Lipinski definition) is 0. The first-order valence-electron chi connectivity index (χ1n) is 7.16. The van der Waals surface area contributed by atoms with E-state index in [9.17, 15) is 0 Å². The van der Waals surface area contributed by atoms with Gasteiger partial charge in [-0.15, -0.1) is 0 Å². The van der Waals surface area contributed by atoms with E-state index in [0.29, 0.717) is 0 Å². The van der Waals surface area contributed by atoms with Crippen molar-refractivity contribution in [1.29, 1.82) is 0 Å². The van der Waals surface area contributed by atoms with Gasteiger partial charge in [-0.3, -0.25) is 4.90 Å². The molecule has 0 unspecified atom stereocenters. The van der Waals surface area contributed by atoms with Crippen LogP contribution in [0.1, 0.15) is 12.0 Å². The fraction of sp³-hybridized carbons (Fsp3) is 0.625. The fourth-order valence-electron chi connectivity index (χ4n) is 1.96. The lowest BCUT2D eigenvalue weighted by atomic mass is 10.2. The molecule has 0 aromatic heterocycles. The van der Waals surface area contributed by atoms with Gasteiger partial charge in [0.15, 0.2) is 0 Å². The second-order valence-electron chi connectivity index (χ2n) is 4.79. The van der Waals surface area contributed by atoms with E-state index >= 15 is 0 Å². The molecule has 0 aliphatic carbocycles. The van der Waals surface area contributed by atoms with Gasteiger partial charge in [0.2, 0.25) is 0 Å². The second-order valence-corrected chi connectivity index (χ2v) is 4.79. The Bertz CT molecular complexity index is 349. The quantitative estimate of drug-likeness (QED) is 0.583. The van der Waals surface area contributed by atoms with Crippen molar-refractivity contribution in [2.45, 2.75) is 13.3 Å². The number of hydrogen-bond acceptors (Lipinski definition) is 4. The van der Waals surface area contributed by atoms with E-state index in [1.165, 1.54) is 5.56 Å². The molecular formula is C16H27NO3. The second kappa shape index (κ2) is 10.7. The molecule has 0 aliphatic heterocycles. The van der Waals surface area contributed by atoms with Crippen LogP contribution in [0.5, 0.6) is 5.75 Å². The van der Waals surface area contributed by atoms with Gasteiger partial charge >= 0.3 is 0 Å². The molecule has 0 heterocycles. The minimum Gasteiger partial charge on any atom is -0.493 e. The normalized spacial score (nSPS) is 11.0. The molecule has 0 amide bonds. The maximum atomic E-state index is 5.81. The molecule has 0 spiro atoms. The molecule has 0 saturated heterocycles. The number of ether oxygens (including phenoxy) is 3. The third kappa shape index (κ3) is 6.89. The van der Waals surface area contributed by atoms with Crippen LogP contribution in [-0.2, 0) is 9.47 Å². The molecule has 4 heteroatoms. The average Bonchev–Trinajstić information content (AvgIpc) is 2.47. The number of nitrogens with zero attached hydrogens (tertiary/aromatic N) is 1. The van der Waals surface area contributed by atoms with Gasteiger partial charge in [0.05, 0.1) is 19.8 Å². The maximum Gasteiger partial charge on any atom is 0.122 e. The first-order chi connectivity index (χ1) is 9.77. The zero-order chi connectivity index (χ0) is 14.6. The van der Waals surface area contributed by atoms with Crippen molar-refractivity contribution < 1.29 is 14.2 Å². The van der Waals surface area contributed by atoms with Crippen molar-refractivity contribution in [2.75, 3.05) is 53.7 Å². The van der Waals surface area contributed by atoms with Crippen LogP contribution in [0.4, 0.5) is 0 Å². The summed E-state index contributed by atoms with van der Waals surface area (Å²) in [5.74, 6) is 0.979. The Kier molecular flexibility index (Phi) is 9.04. The third-order valence-corrected chi connectivity index (χ3v) is 3.19. The van der Waals surface area contributed by atoms with Crippen LogP contribution in [0, 0.1) is 6.92 Å². The highest BCUT2D eigenvalue weighted by Gasteiger charge is 2.05. The smallest absolute Gasteiger partial charge is 0.122 e. The van der Waals surface area contributed by atoms with E-state index in [4.69, 9.17) is 14.2 Å². The number of aryl methyl sites for hydroxylation is 1. The zero-order valence-electron chi connectivity index (χ0n) is 12.9. The Morgan fingerprint density at radius 2 is 1.55 bits per heavy atom. The van der Waals surface area contributed by atoms with Gasteiger partial charge < -0.3 is 14.2 Å². The zero-order valence-corrected chi connectivity index (χ0v) is 12.9. The average molecular weight is 281 g/mol. The Morgan fingerprint density at radius 3 is 2.15 bits per heavy atom. The first kappa shape index (κ1) is 17.0. The summed E-state index contributed by atoms with van der Waals surface area (Å²) in [6, 6.07) is 8.12. The summed E-state index contributed by atoms with van der Waals surface area (Å²) >= 11 is 0. The summed E-state index contributed by atoms with van der Waals surface area (Å²) < 4.78 is 16.1. The Morgan fingerprint density at radius 1 is 0.900 bits per heavy atom. The molecule has 4 nitrogen and oxygen atoms in total. The van der Waals surface area contributed by atoms with E-state index in [2.05, 4.69) is 17.9 Å². The molecule has 0 fully saturated rings. The summed E-state index contributed by atoms with van der Waals surface area (Å²) in [5.41, 5.74) is 1.18. The highest BCUT2D eigenvalue weighted by molar-refractivity contribution is 5.31. The highest BCUT2D eigenvalue weighted by atomic mass is 16.5. The third-order valence-electron chi connectivity index (χ3n) is 3.19. The molecule has 0 N–H and O–H groups in total. The van der Waals surface area contributed by atoms with Gasteiger partial charge in [-0.2, -0.15) is 0 Å². The lowest BCUT2D eigenvalue weighted by Crippen LogP contribution is -2.32. The van der Waals surface area contributed by atoms with Crippen molar-refractivity contribution in [3.05, 3.63) is 29.8 Å². The number of rotatable bonds is 11. The SMILES string of the molecule is COCCN(CCCOc1ccccc1C)CCOC. The molecule has 0 saturated carbocycles. The monoisotopic (exact) mass is 281 g/mol. The van der Waals surface area contributed by atoms with Gasteiger partial charge in [-0.1, -0.05) is 18.2 Å². The van der Waals surface area contributed by atoms with Gasteiger partial charge in [0.1, 0.15) is 5.75 Å². The van der Waals surface area contributed by atoms with Crippen LogP contribution in [0.15, 0.2) is 24.3 Å². The van der Waals surface area contributed by atoms with Gasteiger partial charge in [-0.05, 0) is 25.0 Å². The summed E-state index contributed by atoms with van der Waals surface area (Å²) in [6.07, 6.45) is 1.00. The number of benzene rings is 1. The number of para-hydroxylation sites is 1. The highest BCUT2D eigenvalue weighted by Crippen LogP contribution is 2.16. The van der Waals surface area contributed by atoms with E-state index in [1.807, 2.05) is 18.2 Å². The standard InChI is InChI=1S/C16H27NO3/c1-15-7-4-5-8-16(15)20-12-6-9-17(10-13-18-2)11-14-19-3/h4-5,7-8H,6,9-14H2,1-3H3. The fourth-order valence-corrected chi connectivity index (χ4v) is 1.96. The Balaban J connectivity index is 2.23. The lowest BCUT2D eigenvalue weighted by Gasteiger charge is -2.21. The van der Waals surface area contributed by atoms with Crippen LogP contribution in [-0.4, -0.2) is 58.6 Å². The van der Waals surface area contributed by atoms with Crippen LogP contribution in [0.2, 0.25) is 0 Å². The molecule has 0 aliphatic rings.